The molecule has 2 heterocycles. The predicted octanol–water partition coefficient (Wildman–Crippen LogP) is 1.57. The van der Waals surface area contributed by atoms with E-state index in [0.717, 1.165) is 44.2 Å². The SMILES string of the molecule is O=C(NCC1CCOC1)c1ccc2c(c1)[nH]c(=O)n2C1CCC(O)CC1. The van der Waals surface area contributed by atoms with Crippen LogP contribution < -0.4 is 11.0 Å². The van der Waals surface area contributed by atoms with E-state index < -0.39 is 0 Å². The molecule has 0 bridgehead atoms. The van der Waals surface area contributed by atoms with Crippen molar-refractivity contribution in [2.24, 2.45) is 5.92 Å². The summed E-state index contributed by atoms with van der Waals surface area (Å²) in [5, 5.41) is 12.6. The van der Waals surface area contributed by atoms with Gasteiger partial charge in [-0.1, -0.05) is 0 Å². The minimum Gasteiger partial charge on any atom is -0.393 e. The molecule has 140 valence electrons. The van der Waals surface area contributed by atoms with Gasteiger partial charge in [-0.2, -0.15) is 0 Å². The normalized spacial score (nSPS) is 26.3. The van der Waals surface area contributed by atoms with E-state index in [4.69, 9.17) is 4.74 Å². The molecule has 26 heavy (non-hydrogen) atoms. The topological polar surface area (TPSA) is 96.4 Å². The summed E-state index contributed by atoms with van der Waals surface area (Å²) in [4.78, 5) is 27.7. The third kappa shape index (κ3) is 3.41. The van der Waals surface area contributed by atoms with E-state index in [2.05, 4.69) is 10.3 Å². The molecule has 1 saturated heterocycles. The van der Waals surface area contributed by atoms with Crippen LogP contribution in [0.1, 0.15) is 48.5 Å². The van der Waals surface area contributed by atoms with Gasteiger partial charge in [0.15, 0.2) is 0 Å². The maximum absolute atomic E-state index is 12.4. The van der Waals surface area contributed by atoms with Crippen LogP contribution in [0.5, 0.6) is 0 Å². The maximum atomic E-state index is 12.4. The van der Waals surface area contributed by atoms with Crippen molar-refractivity contribution in [2.45, 2.75) is 44.2 Å². The van der Waals surface area contributed by atoms with E-state index in [1.807, 2.05) is 6.07 Å². The Balaban J connectivity index is 1.52. The number of rotatable bonds is 4. The smallest absolute Gasteiger partial charge is 0.326 e. The van der Waals surface area contributed by atoms with Gasteiger partial charge in [0.1, 0.15) is 0 Å². The second-order valence-electron chi connectivity index (χ2n) is 7.43. The first kappa shape index (κ1) is 17.3. The van der Waals surface area contributed by atoms with Gasteiger partial charge in [-0.15, -0.1) is 0 Å². The van der Waals surface area contributed by atoms with Gasteiger partial charge in [-0.3, -0.25) is 9.36 Å². The van der Waals surface area contributed by atoms with E-state index in [9.17, 15) is 14.7 Å². The number of hydrogen-bond acceptors (Lipinski definition) is 4. The Labute approximate surface area is 151 Å². The number of aromatic nitrogens is 2. The molecule has 3 N–H and O–H groups in total. The molecular formula is C19H25N3O4. The molecule has 0 spiro atoms. The highest BCUT2D eigenvalue weighted by Crippen LogP contribution is 2.29. The third-order valence-electron chi connectivity index (χ3n) is 5.59. The zero-order chi connectivity index (χ0) is 18.1. The monoisotopic (exact) mass is 359 g/mol. The van der Waals surface area contributed by atoms with Crippen LogP contribution in [0.2, 0.25) is 0 Å². The summed E-state index contributed by atoms with van der Waals surface area (Å²) in [6, 6.07) is 5.45. The van der Waals surface area contributed by atoms with Crippen molar-refractivity contribution in [2.75, 3.05) is 19.8 Å². The number of H-pyrrole nitrogens is 1. The number of carbonyl (C=O) groups is 1. The number of aliphatic hydroxyl groups excluding tert-OH is 1. The Bertz CT molecular complexity index is 842. The van der Waals surface area contributed by atoms with Crippen molar-refractivity contribution in [3.05, 3.63) is 34.2 Å². The lowest BCUT2D eigenvalue weighted by Gasteiger charge is -2.26. The molecule has 1 aromatic heterocycles. The number of ether oxygens (including phenoxy) is 1. The van der Waals surface area contributed by atoms with Crippen LogP contribution >= 0.6 is 0 Å². The van der Waals surface area contributed by atoms with Gasteiger partial charge in [-0.05, 0) is 50.3 Å². The molecule has 1 aliphatic heterocycles. The first-order chi connectivity index (χ1) is 12.6. The lowest BCUT2D eigenvalue weighted by Crippen LogP contribution is -2.29. The van der Waals surface area contributed by atoms with Crippen molar-refractivity contribution in [3.8, 4) is 0 Å². The van der Waals surface area contributed by atoms with E-state index in [1.54, 1.807) is 16.7 Å². The minimum absolute atomic E-state index is 0.0988. The highest BCUT2D eigenvalue weighted by molar-refractivity contribution is 5.97. The average molecular weight is 359 g/mol. The standard InChI is InChI=1S/C19H25N3O4/c23-15-4-2-14(3-5-15)22-17-6-1-13(9-16(17)21-19(22)25)18(24)20-10-12-7-8-26-11-12/h1,6,9,12,14-15,23H,2-5,7-8,10-11H2,(H,20,24)(H,21,25). The number of nitrogens with one attached hydrogen (secondary N) is 2. The maximum Gasteiger partial charge on any atom is 0.326 e. The largest absolute Gasteiger partial charge is 0.393 e. The number of imidazole rings is 1. The molecule has 1 aliphatic carbocycles. The summed E-state index contributed by atoms with van der Waals surface area (Å²) in [5.74, 6) is 0.249. The quantitative estimate of drug-likeness (QED) is 0.772. The van der Waals surface area contributed by atoms with Crippen LogP contribution in [0, 0.1) is 5.92 Å². The zero-order valence-electron chi connectivity index (χ0n) is 14.7. The molecule has 2 aliphatic rings. The number of aromatic amines is 1. The van der Waals surface area contributed by atoms with E-state index in [0.29, 0.717) is 30.1 Å². The highest BCUT2D eigenvalue weighted by atomic mass is 16.5. The third-order valence-corrected chi connectivity index (χ3v) is 5.59. The fourth-order valence-electron chi connectivity index (χ4n) is 4.03. The first-order valence-electron chi connectivity index (χ1n) is 9.40. The number of carbonyl (C=O) groups excluding carboxylic acids is 1. The molecule has 1 aromatic carbocycles. The summed E-state index contributed by atoms with van der Waals surface area (Å²) in [5.41, 5.74) is 1.89. The van der Waals surface area contributed by atoms with Crippen LogP contribution in [0.4, 0.5) is 0 Å². The molecule has 1 amide bonds. The van der Waals surface area contributed by atoms with Crippen molar-refractivity contribution in [3.63, 3.8) is 0 Å². The molecule has 0 radical (unpaired) electrons. The Hall–Kier alpha value is -2.12. The molecule has 1 atom stereocenters. The fourth-order valence-corrected chi connectivity index (χ4v) is 4.03. The van der Waals surface area contributed by atoms with Crippen LogP contribution in [0.25, 0.3) is 11.0 Å². The predicted molar refractivity (Wildman–Crippen MR) is 97.3 cm³/mol. The molecular weight excluding hydrogens is 334 g/mol. The average Bonchev–Trinajstić information content (AvgIpc) is 3.27. The van der Waals surface area contributed by atoms with Gasteiger partial charge in [0, 0.05) is 30.7 Å². The van der Waals surface area contributed by atoms with Crippen molar-refractivity contribution >= 4 is 16.9 Å². The lowest BCUT2D eigenvalue weighted by atomic mass is 9.93. The van der Waals surface area contributed by atoms with Crippen LogP contribution in [0.3, 0.4) is 0 Å². The number of fused-ring (bicyclic) bond motifs is 1. The van der Waals surface area contributed by atoms with E-state index in [1.165, 1.54) is 0 Å². The highest BCUT2D eigenvalue weighted by Gasteiger charge is 2.24. The molecule has 1 unspecified atom stereocenters. The second kappa shape index (κ2) is 7.25. The van der Waals surface area contributed by atoms with Gasteiger partial charge in [-0.25, -0.2) is 4.79 Å². The summed E-state index contributed by atoms with van der Waals surface area (Å²) < 4.78 is 7.10. The first-order valence-corrected chi connectivity index (χ1v) is 9.40. The Morgan fingerprint density at radius 2 is 2.08 bits per heavy atom. The van der Waals surface area contributed by atoms with E-state index >= 15 is 0 Å². The number of nitrogens with zero attached hydrogens (tertiary/aromatic N) is 1. The second-order valence-corrected chi connectivity index (χ2v) is 7.43. The molecule has 4 rings (SSSR count). The van der Waals surface area contributed by atoms with Gasteiger partial charge in [0.05, 0.1) is 23.7 Å². The summed E-state index contributed by atoms with van der Waals surface area (Å²) in [6.45, 7) is 2.07. The van der Waals surface area contributed by atoms with Gasteiger partial charge < -0.3 is 20.1 Å². The Morgan fingerprint density at radius 3 is 2.81 bits per heavy atom. The van der Waals surface area contributed by atoms with Gasteiger partial charge in [0.2, 0.25) is 0 Å². The summed E-state index contributed by atoms with van der Waals surface area (Å²) >= 11 is 0. The molecule has 7 nitrogen and oxygen atoms in total. The van der Waals surface area contributed by atoms with Crippen molar-refractivity contribution in [1.82, 2.24) is 14.9 Å². The zero-order valence-corrected chi connectivity index (χ0v) is 14.7. The van der Waals surface area contributed by atoms with Crippen molar-refractivity contribution < 1.29 is 14.6 Å². The summed E-state index contributed by atoms with van der Waals surface area (Å²) in [6.07, 6.45) is 3.74. The molecule has 1 saturated carbocycles. The van der Waals surface area contributed by atoms with Crippen LogP contribution in [-0.4, -0.2) is 46.4 Å². The molecule has 7 heteroatoms. The van der Waals surface area contributed by atoms with Gasteiger partial charge >= 0.3 is 5.69 Å². The number of benzene rings is 1. The van der Waals surface area contributed by atoms with E-state index in [-0.39, 0.29) is 23.7 Å². The van der Waals surface area contributed by atoms with Gasteiger partial charge in [0.25, 0.3) is 5.91 Å². The van der Waals surface area contributed by atoms with Crippen LogP contribution in [0.15, 0.2) is 23.0 Å². The fraction of sp³-hybridized carbons (Fsp3) is 0.579. The van der Waals surface area contributed by atoms with Crippen LogP contribution in [-0.2, 0) is 4.74 Å². The molecule has 2 fully saturated rings. The Kier molecular flexibility index (Phi) is 4.82. The summed E-state index contributed by atoms with van der Waals surface area (Å²) in [7, 11) is 0. The Morgan fingerprint density at radius 1 is 1.27 bits per heavy atom. The minimum atomic E-state index is -0.257. The lowest BCUT2D eigenvalue weighted by molar-refractivity contribution is 0.0945. The molecule has 2 aromatic rings. The van der Waals surface area contributed by atoms with Crippen molar-refractivity contribution in [1.29, 1.82) is 0 Å². The number of amides is 1. The number of aliphatic hydroxyl groups is 1. The number of hydrogen-bond donors (Lipinski definition) is 3.